The third kappa shape index (κ3) is 3.27. The molecule has 1 fully saturated rings. The first-order chi connectivity index (χ1) is 8.83. The number of hydrogen-bond donors (Lipinski definition) is 1. The molecule has 1 atom stereocenters. The lowest BCUT2D eigenvalue weighted by molar-refractivity contribution is -0.128. The van der Waals surface area contributed by atoms with E-state index in [9.17, 15) is 4.79 Å². The zero-order chi connectivity index (χ0) is 12.8. The third-order valence-corrected chi connectivity index (χ3v) is 3.89. The predicted octanol–water partition coefficient (Wildman–Crippen LogP) is 2.26. The minimum absolute atomic E-state index is 0.0629. The van der Waals surface area contributed by atoms with Crippen molar-refractivity contribution in [1.82, 2.24) is 10.2 Å². The molecule has 0 saturated carbocycles. The van der Waals surface area contributed by atoms with E-state index < -0.39 is 0 Å². The summed E-state index contributed by atoms with van der Waals surface area (Å²) >= 11 is 1.86. The van der Waals surface area contributed by atoms with Crippen LogP contribution in [0.4, 0.5) is 0 Å². The van der Waals surface area contributed by atoms with Gasteiger partial charge in [0.25, 0.3) is 0 Å². The highest BCUT2D eigenvalue weighted by molar-refractivity contribution is 7.98. The lowest BCUT2D eigenvalue weighted by atomic mass is 10.1. The summed E-state index contributed by atoms with van der Waals surface area (Å²) in [4.78, 5) is 13.8. The molecule has 1 unspecified atom stereocenters. The monoisotopic (exact) mass is 264 g/mol. The van der Waals surface area contributed by atoms with Crippen LogP contribution in [0, 0.1) is 0 Å². The molecule has 0 radical (unpaired) electrons. The van der Waals surface area contributed by atoms with Gasteiger partial charge in [0.15, 0.2) is 0 Å². The topological polar surface area (TPSA) is 32.3 Å². The summed E-state index contributed by atoms with van der Waals surface area (Å²) < 4.78 is 0. The summed E-state index contributed by atoms with van der Waals surface area (Å²) in [6.07, 6.45) is 4.44. The van der Waals surface area contributed by atoms with Gasteiger partial charge in [-0.05, 0) is 30.4 Å². The van der Waals surface area contributed by atoms with E-state index >= 15 is 0 Å². The maximum absolute atomic E-state index is 11.9. The molecule has 1 heterocycles. The number of carbonyl (C=O) groups excluding carboxylic acids is 1. The van der Waals surface area contributed by atoms with E-state index in [1.807, 2.05) is 34.9 Å². The molecule has 1 aliphatic rings. The van der Waals surface area contributed by atoms with E-state index in [-0.39, 0.29) is 12.1 Å². The second kappa shape index (κ2) is 6.81. The van der Waals surface area contributed by atoms with E-state index in [0.717, 1.165) is 13.0 Å². The normalized spacial score (nSPS) is 19.5. The molecule has 2 rings (SSSR count). The van der Waals surface area contributed by atoms with Crippen molar-refractivity contribution in [2.75, 3.05) is 25.1 Å². The largest absolute Gasteiger partial charge is 0.322 e. The Labute approximate surface area is 113 Å². The van der Waals surface area contributed by atoms with E-state index in [1.165, 1.54) is 17.7 Å². The zero-order valence-electron chi connectivity index (χ0n) is 10.8. The SMILES string of the molecule is CSCCCCN1C(=O)CNC1c1ccccc1. The number of unbranched alkanes of at least 4 members (excludes halogenated alkanes) is 1. The van der Waals surface area contributed by atoms with Gasteiger partial charge in [-0.3, -0.25) is 10.1 Å². The fourth-order valence-electron chi connectivity index (χ4n) is 2.26. The van der Waals surface area contributed by atoms with Gasteiger partial charge in [-0.25, -0.2) is 0 Å². The molecular formula is C14H20N2OS. The number of amides is 1. The molecule has 1 aromatic rings. The number of nitrogens with one attached hydrogen (secondary N) is 1. The summed E-state index contributed by atoms with van der Waals surface area (Å²) in [5.41, 5.74) is 1.17. The minimum Gasteiger partial charge on any atom is -0.322 e. The van der Waals surface area contributed by atoms with E-state index in [0.29, 0.717) is 6.54 Å². The molecular weight excluding hydrogens is 244 g/mol. The van der Waals surface area contributed by atoms with Crippen LogP contribution in [0.5, 0.6) is 0 Å². The van der Waals surface area contributed by atoms with Crippen LogP contribution in [0.15, 0.2) is 30.3 Å². The van der Waals surface area contributed by atoms with Crippen LogP contribution in [0.1, 0.15) is 24.6 Å². The Morgan fingerprint density at radius 1 is 1.33 bits per heavy atom. The lowest BCUT2D eigenvalue weighted by Gasteiger charge is -2.24. The molecule has 0 spiro atoms. The Bertz CT molecular complexity index is 383. The third-order valence-electron chi connectivity index (χ3n) is 3.19. The highest BCUT2D eigenvalue weighted by Gasteiger charge is 2.30. The van der Waals surface area contributed by atoms with Crippen LogP contribution in [-0.4, -0.2) is 35.9 Å². The molecule has 18 heavy (non-hydrogen) atoms. The number of benzene rings is 1. The van der Waals surface area contributed by atoms with Crippen molar-refractivity contribution in [3.05, 3.63) is 35.9 Å². The van der Waals surface area contributed by atoms with Crippen molar-refractivity contribution < 1.29 is 4.79 Å². The van der Waals surface area contributed by atoms with Crippen LogP contribution in [0.3, 0.4) is 0 Å². The molecule has 0 bridgehead atoms. The number of rotatable bonds is 6. The summed E-state index contributed by atoms with van der Waals surface area (Å²) in [5.74, 6) is 1.39. The van der Waals surface area contributed by atoms with Gasteiger partial charge in [-0.15, -0.1) is 0 Å². The highest BCUT2D eigenvalue weighted by atomic mass is 32.2. The molecule has 0 aromatic heterocycles. The Kier molecular flexibility index (Phi) is 5.08. The number of nitrogens with zero attached hydrogens (tertiary/aromatic N) is 1. The van der Waals surface area contributed by atoms with Gasteiger partial charge >= 0.3 is 0 Å². The fourth-order valence-corrected chi connectivity index (χ4v) is 2.75. The number of hydrogen-bond acceptors (Lipinski definition) is 3. The standard InChI is InChI=1S/C14H20N2OS/c1-18-10-6-5-9-16-13(17)11-15-14(16)12-7-3-2-4-8-12/h2-4,7-8,14-15H,5-6,9-11H2,1H3. The van der Waals surface area contributed by atoms with Crippen molar-refractivity contribution in [3.8, 4) is 0 Å². The highest BCUT2D eigenvalue weighted by Crippen LogP contribution is 2.22. The average molecular weight is 264 g/mol. The second-order valence-corrected chi connectivity index (χ2v) is 5.47. The minimum atomic E-state index is 0.0629. The Balaban J connectivity index is 1.95. The van der Waals surface area contributed by atoms with Crippen LogP contribution in [-0.2, 0) is 4.79 Å². The molecule has 0 aliphatic carbocycles. The van der Waals surface area contributed by atoms with Gasteiger partial charge in [0.1, 0.15) is 6.17 Å². The van der Waals surface area contributed by atoms with Crippen molar-refractivity contribution in [2.24, 2.45) is 0 Å². The van der Waals surface area contributed by atoms with E-state index in [1.54, 1.807) is 0 Å². The number of carbonyl (C=O) groups is 1. The Morgan fingerprint density at radius 2 is 2.11 bits per heavy atom. The molecule has 1 saturated heterocycles. The van der Waals surface area contributed by atoms with Crippen LogP contribution >= 0.6 is 11.8 Å². The average Bonchev–Trinajstić information content (AvgIpc) is 2.77. The van der Waals surface area contributed by atoms with E-state index in [2.05, 4.69) is 23.7 Å². The fraction of sp³-hybridized carbons (Fsp3) is 0.500. The van der Waals surface area contributed by atoms with Crippen molar-refractivity contribution >= 4 is 17.7 Å². The van der Waals surface area contributed by atoms with Gasteiger partial charge in [-0.1, -0.05) is 30.3 Å². The molecule has 1 N–H and O–H groups in total. The summed E-state index contributed by atoms with van der Waals surface area (Å²) in [7, 11) is 0. The van der Waals surface area contributed by atoms with Gasteiger partial charge in [0, 0.05) is 6.54 Å². The molecule has 3 nitrogen and oxygen atoms in total. The summed E-state index contributed by atoms with van der Waals surface area (Å²) in [6, 6.07) is 10.2. The molecule has 1 amide bonds. The van der Waals surface area contributed by atoms with Crippen LogP contribution in [0.2, 0.25) is 0 Å². The molecule has 1 aromatic carbocycles. The summed E-state index contributed by atoms with van der Waals surface area (Å²) in [6.45, 7) is 1.31. The maximum atomic E-state index is 11.9. The smallest absolute Gasteiger partial charge is 0.238 e. The van der Waals surface area contributed by atoms with Gasteiger partial charge < -0.3 is 4.90 Å². The molecule has 1 aliphatic heterocycles. The molecule has 4 heteroatoms. The summed E-state index contributed by atoms with van der Waals surface area (Å²) in [5, 5.41) is 3.28. The quantitative estimate of drug-likeness (QED) is 0.800. The lowest BCUT2D eigenvalue weighted by Crippen LogP contribution is -2.31. The Morgan fingerprint density at radius 3 is 2.83 bits per heavy atom. The van der Waals surface area contributed by atoms with Crippen LogP contribution < -0.4 is 5.32 Å². The second-order valence-electron chi connectivity index (χ2n) is 4.48. The Hall–Kier alpha value is -1.00. The first-order valence-corrected chi connectivity index (χ1v) is 7.79. The van der Waals surface area contributed by atoms with Crippen LogP contribution in [0.25, 0.3) is 0 Å². The van der Waals surface area contributed by atoms with Gasteiger partial charge in [0.2, 0.25) is 5.91 Å². The maximum Gasteiger partial charge on any atom is 0.238 e. The van der Waals surface area contributed by atoms with Gasteiger partial charge in [0.05, 0.1) is 6.54 Å². The molecule has 98 valence electrons. The number of thioether (sulfide) groups is 1. The van der Waals surface area contributed by atoms with Crippen molar-refractivity contribution in [3.63, 3.8) is 0 Å². The first-order valence-electron chi connectivity index (χ1n) is 6.39. The zero-order valence-corrected chi connectivity index (χ0v) is 11.6. The van der Waals surface area contributed by atoms with Crippen molar-refractivity contribution in [2.45, 2.75) is 19.0 Å². The first kappa shape index (κ1) is 13.4. The van der Waals surface area contributed by atoms with E-state index in [4.69, 9.17) is 0 Å². The van der Waals surface area contributed by atoms with Crippen molar-refractivity contribution in [1.29, 1.82) is 0 Å². The predicted molar refractivity (Wildman–Crippen MR) is 76.5 cm³/mol. The van der Waals surface area contributed by atoms with Gasteiger partial charge in [-0.2, -0.15) is 11.8 Å².